The van der Waals surface area contributed by atoms with E-state index in [1.807, 2.05) is 0 Å². The van der Waals surface area contributed by atoms with E-state index in [0.717, 1.165) is 4.90 Å². The second kappa shape index (κ2) is 9.67. The molecule has 1 aliphatic heterocycles. The van der Waals surface area contributed by atoms with E-state index in [-0.39, 0.29) is 26.3 Å². The second-order valence-electron chi connectivity index (χ2n) is 5.85. The van der Waals surface area contributed by atoms with Gasteiger partial charge in [0, 0.05) is 25.9 Å². The van der Waals surface area contributed by atoms with Crippen LogP contribution >= 0.6 is 0 Å². The zero-order valence-corrected chi connectivity index (χ0v) is 14.8. The maximum Gasteiger partial charge on any atom is 0.471 e. The van der Waals surface area contributed by atoms with Gasteiger partial charge in [-0.2, -0.15) is 13.2 Å². The van der Waals surface area contributed by atoms with Gasteiger partial charge in [-0.15, -0.1) is 0 Å². The SMILES string of the molecule is COCCOCCOCC(=O)Nc1ccc2c(c1)CN(C(=O)C(F)(F)F)C2. The van der Waals surface area contributed by atoms with Gasteiger partial charge in [-0.25, -0.2) is 0 Å². The number of rotatable bonds is 9. The molecule has 0 fully saturated rings. The number of carbonyl (C=O) groups excluding carboxylic acids is 2. The molecule has 0 aliphatic carbocycles. The Bertz CT molecular complexity index is 666. The van der Waals surface area contributed by atoms with Gasteiger partial charge in [-0.05, 0) is 23.3 Å². The minimum atomic E-state index is -4.90. The molecule has 2 amide bonds. The van der Waals surface area contributed by atoms with Crippen LogP contribution < -0.4 is 5.32 Å². The molecule has 0 bridgehead atoms. The van der Waals surface area contributed by atoms with E-state index in [2.05, 4.69) is 5.32 Å². The minimum Gasteiger partial charge on any atom is -0.382 e. The molecule has 1 aromatic carbocycles. The summed E-state index contributed by atoms with van der Waals surface area (Å²) in [6, 6.07) is 4.73. The maximum absolute atomic E-state index is 12.5. The van der Waals surface area contributed by atoms with Gasteiger partial charge in [0.15, 0.2) is 0 Å². The molecule has 0 atom stereocenters. The van der Waals surface area contributed by atoms with E-state index in [9.17, 15) is 22.8 Å². The fraction of sp³-hybridized carbons (Fsp3) is 0.529. The molecule has 1 aliphatic rings. The van der Waals surface area contributed by atoms with Crippen LogP contribution in [0.15, 0.2) is 18.2 Å². The number of fused-ring (bicyclic) bond motifs is 1. The van der Waals surface area contributed by atoms with Gasteiger partial charge in [0.25, 0.3) is 0 Å². The van der Waals surface area contributed by atoms with Crippen molar-refractivity contribution in [3.8, 4) is 0 Å². The summed E-state index contributed by atoms with van der Waals surface area (Å²) in [6.45, 7) is 1.07. The second-order valence-corrected chi connectivity index (χ2v) is 5.85. The Morgan fingerprint density at radius 3 is 2.44 bits per heavy atom. The number of alkyl halides is 3. The lowest BCUT2D eigenvalue weighted by Crippen LogP contribution is -2.37. The van der Waals surface area contributed by atoms with E-state index in [4.69, 9.17) is 14.2 Å². The highest BCUT2D eigenvalue weighted by atomic mass is 19.4. The molecule has 0 saturated heterocycles. The summed E-state index contributed by atoms with van der Waals surface area (Å²) < 4.78 is 52.8. The Kier molecular flexibility index (Phi) is 7.57. The lowest BCUT2D eigenvalue weighted by molar-refractivity contribution is -0.186. The highest BCUT2D eigenvalue weighted by molar-refractivity contribution is 5.92. The van der Waals surface area contributed by atoms with Crippen molar-refractivity contribution < 1.29 is 37.0 Å². The molecule has 1 N–H and O–H groups in total. The molecular weight excluding hydrogens is 369 g/mol. The van der Waals surface area contributed by atoms with Crippen LogP contribution in [0.5, 0.6) is 0 Å². The van der Waals surface area contributed by atoms with Crippen LogP contribution in [0.1, 0.15) is 11.1 Å². The van der Waals surface area contributed by atoms with Crippen LogP contribution in [0, 0.1) is 0 Å². The first-order valence-electron chi connectivity index (χ1n) is 8.23. The summed E-state index contributed by atoms with van der Waals surface area (Å²) in [5.41, 5.74) is 1.62. The minimum absolute atomic E-state index is 0.103. The summed E-state index contributed by atoms with van der Waals surface area (Å²) in [6.07, 6.45) is -4.90. The quantitative estimate of drug-likeness (QED) is 0.650. The number of nitrogens with one attached hydrogen (secondary N) is 1. The molecule has 0 aromatic heterocycles. The number of carbonyl (C=O) groups is 2. The van der Waals surface area contributed by atoms with Crippen molar-refractivity contribution in [2.75, 3.05) is 45.5 Å². The molecule has 10 heteroatoms. The van der Waals surface area contributed by atoms with Crippen molar-refractivity contribution >= 4 is 17.5 Å². The number of ether oxygens (including phenoxy) is 3. The highest BCUT2D eigenvalue weighted by Crippen LogP contribution is 2.29. The Labute approximate surface area is 154 Å². The third-order valence-electron chi connectivity index (χ3n) is 3.78. The maximum atomic E-state index is 12.5. The van der Waals surface area contributed by atoms with Gasteiger partial charge in [-0.3, -0.25) is 9.59 Å². The van der Waals surface area contributed by atoms with Crippen LogP contribution in [-0.2, 0) is 36.9 Å². The van der Waals surface area contributed by atoms with Crippen molar-refractivity contribution in [2.24, 2.45) is 0 Å². The lowest BCUT2D eigenvalue weighted by atomic mass is 10.1. The fourth-order valence-electron chi connectivity index (χ4n) is 2.52. The van der Waals surface area contributed by atoms with Crippen molar-refractivity contribution in [3.63, 3.8) is 0 Å². The largest absolute Gasteiger partial charge is 0.471 e. The van der Waals surface area contributed by atoms with Crippen LogP contribution in [0.2, 0.25) is 0 Å². The van der Waals surface area contributed by atoms with Crippen molar-refractivity contribution in [1.82, 2.24) is 4.90 Å². The van der Waals surface area contributed by atoms with Gasteiger partial charge in [0.2, 0.25) is 5.91 Å². The Morgan fingerprint density at radius 2 is 1.74 bits per heavy atom. The van der Waals surface area contributed by atoms with E-state index < -0.39 is 18.0 Å². The van der Waals surface area contributed by atoms with Crippen molar-refractivity contribution in [1.29, 1.82) is 0 Å². The molecule has 1 heterocycles. The number of amides is 2. The monoisotopic (exact) mass is 390 g/mol. The summed E-state index contributed by atoms with van der Waals surface area (Å²) in [7, 11) is 1.56. The molecule has 1 aromatic rings. The number of benzene rings is 1. The molecule has 150 valence electrons. The molecule has 0 radical (unpaired) electrons. The zero-order valence-electron chi connectivity index (χ0n) is 14.8. The van der Waals surface area contributed by atoms with E-state index >= 15 is 0 Å². The molecule has 2 rings (SSSR count). The average molecular weight is 390 g/mol. The predicted molar refractivity (Wildman–Crippen MR) is 88.9 cm³/mol. The van der Waals surface area contributed by atoms with Gasteiger partial charge in [0.05, 0.1) is 26.4 Å². The average Bonchev–Trinajstić information content (AvgIpc) is 3.02. The summed E-state index contributed by atoms with van der Waals surface area (Å²) in [5.74, 6) is -2.27. The number of methoxy groups -OCH3 is 1. The van der Waals surface area contributed by atoms with E-state index in [1.165, 1.54) is 0 Å². The third-order valence-corrected chi connectivity index (χ3v) is 3.78. The Hall–Kier alpha value is -2.17. The van der Waals surface area contributed by atoms with Crippen LogP contribution in [0.4, 0.5) is 18.9 Å². The number of hydrogen-bond donors (Lipinski definition) is 1. The standard InChI is InChI=1S/C17H21F3N2O5/c1-25-4-5-26-6-7-27-11-15(23)21-14-3-2-12-9-22(10-13(12)8-14)16(24)17(18,19)20/h2-3,8H,4-7,9-11H2,1H3,(H,21,23). The Morgan fingerprint density at radius 1 is 1.07 bits per heavy atom. The molecular formula is C17H21F3N2O5. The summed E-state index contributed by atoms with van der Waals surface area (Å²) >= 11 is 0. The number of anilines is 1. The van der Waals surface area contributed by atoms with Gasteiger partial charge in [0.1, 0.15) is 6.61 Å². The predicted octanol–water partition coefficient (Wildman–Crippen LogP) is 1.71. The number of hydrogen-bond acceptors (Lipinski definition) is 5. The normalized spacial score (nSPS) is 13.6. The van der Waals surface area contributed by atoms with Crippen molar-refractivity contribution in [3.05, 3.63) is 29.3 Å². The highest BCUT2D eigenvalue weighted by Gasteiger charge is 2.43. The lowest BCUT2D eigenvalue weighted by Gasteiger charge is -2.16. The van der Waals surface area contributed by atoms with Gasteiger partial charge >= 0.3 is 12.1 Å². The van der Waals surface area contributed by atoms with E-state index in [1.54, 1.807) is 25.3 Å². The Balaban J connectivity index is 1.77. The van der Waals surface area contributed by atoms with E-state index in [0.29, 0.717) is 36.6 Å². The van der Waals surface area contributed by atoms with Crippen LogP contribution in [0.25, 0.3) is 0 Å². The fourth-order valence-corrected chi connectivity index (χ4v) is 2.52. The summed E-state index contributed by atoms with van der Waals surface area (Å²) in [5, 5.41) is 2.61. The molecule has 27 heavy (non-hydrogen) atoms. The molecule has 0 spiro atoms. The van der Waals surface area contributed by atoms with Gasteiger partial charge in [-0.1, -0.05) is 6.07 Å². The number of halogens is 3. The summed E-state index contributed by atoms with van der Waals surface area (Å²) in [4.78, 5) is 23.9. The van der Waals surface area contributed by atoms with Crippen LogP contribution in [-0.4, -0.2) is 63.0 Å². The van der Waals surface area contributed by atoms with Gasteiger partial charge < -0.3 is 24.4 Å². The topological polar surface area (TPSA) is 77.1 Å². The van der Waals surface area contributed by atoms with Crippen molar-refractivity contribution in [2.45, 2.75) is 19.3 Å². The smallest absolute Gasteiger partial charge is 0.382 e. The third kappa shape index (κ3) is 6.49. The molecule has 7 nitrogen and oxygen atoms in total. The first-order chi connectivity index (χ1) is 12.8. The van der Waals surface area contributed by atoms with Crippen LogP contribution in [0.3, 0.4) is 0 Å². The zero-order chi connectivity index (χ0) is 19.9. The molecule has 0 unspecified atom stereocenters. The first kappa shape index (κ1) is 21.1. The number of nitrogens with zero attached hydrogens (tertiary/aromatic N) is 1. The first-order valence-corrected chi connectivity index (χ1v) is 8.23. The molecule has 0 saturated carbocycles.